The minimum Gasteiger partial charge on any atom is -0.479 e. The second-order valence-electron chi connectivity index (χ2n) is 2.39. The fourth-order valence-electron chi connectivity index (χ4n) is 0.453. The van der Waals surface area contributed by atoms with E-state index in [1.54, 1.807) is 0 Å². The van der Waals surface area contributed by atoms with E-state index in [9.17, 15) is 4.79 Å². The zero-order valence-electron chi connectivity index (χ0n) is 8.57. The first-order valence-corrected chi connectivity index (χ1v) is 4.74. The van der Waals surface area contributed by atoms with Gasteiger partial charge in [0.15, 0.2) is 0 Å². The molecule has 6 N–H and O–H groups in total. The zero-order valence-corrected chi connectivity index (χ0v) is 10.1. The number of carboxylic acid groups (broad SMARTS) is 1. The van der Waals surface area contributed by atoms with Crippen molar-refractivity contribution in [2.75, 3.05) is 33.4 Å². The van der Waals surface area contributed by atoms with Gasteiger partial charge in [-0.2, -0.15) is 0 Å². The molecule has 0 saturated carbocycles. The van der Waals surface area contributed by atoms with Gasteiger partial charge in [0.1, 0.15) is 0 Å². The van der Waals surface area contributed by atoms with Crippen molar-refractivity contribution in [3.63, 3.8) is 0 Å². The van der Waals surface area contributed by atoms with Crippen LogP contribution in [0.2, 0.25) is 0 Å². The predicted octanol–water partition coefficient (Wildman–Crippen LogP) is -0.0605. The molecular formula is C7H18Cl2N2O4. The Bertz CT molecular complexity index is 143. The number of alkyl halides is 2. The molecule has 6 nitrogen and oxygen atoms in total. The van der Waals surface area contributed by atoms with Crippen molar-refractivity contribution in [3.8, 4) is 0 Å². The molecule has 0 aliphatic rings. The maximum absolute atomic E-state index is 9.44. The van der Waals surface area contributed by atoms with Crippen molar-refractivity contribution in [2.45, 2.75) is 4.84 Å². The summed E-state index contributed by atoms with van der Waals surface area (Å²) in [5.41, 5.74) is 0. The van der Waals surface area contributed by atoms with E-state index in [0.29, 0.717) is 13.1 Å². The number of nitrogens with zero attached hydrogens (tertiary/aromatic N) is 1. The summed E-state index contributed by atoms with van der Waals surface area (Å²) < 4.78 is 0. The van der Waals surface area contributed by atoms with Crippen LogP contribution in [0.25, 0.3) is 0 Å². The Morgan fingerprint density at radius 2 is 1.53 bits per heavy atom. The van der Waals surface area contributed by atoms with Crippen molar-refractivity contribution in [3.05, 3.63) is 0 Å². The molecule has 0 aromatic carbocycles. The van der Waals surface area contributed by atoms with Gasteiger partial charge in [0.25, 0.3) is 0 Å². The summed E-state index contributed by atoms with van der Waals surface area (Å²) in [5, 5.41) is 24.4. The number of rotatable bonds is 5. The summed E-state index contributed by atoms with van der Waals surface area (Å²) in [6.45, 7) is 1.61. The van der Waals surface area contributed by atoms with Gasteiger partial charge >= 0.3 is 5.97 Å². The monoisotopic (exact) mass is 264 g/mol. The number of hydrogen-bond donors (Lipinski definition) is 4. The molecule has 0 aromatic heterocycles. The molecule has 0 aliphatic heterocycles. The van der Waals surface area contributed by atoms with Crippen molar-refractivity contribution in [1.29, 1.82) is 0 Å². The molecule has 0 aliphatic carbocycles. The molecule has 0 bridgehead atoms. The molecular weight excluding hydrogens is 247 g/mol. The molecule has 0 radical (unpaired) electrons. The van der Waals surface area contributed by atoms with Gasteiger partial charge in [-0.05, 0) is 7.05 Å². The number of carboxylic acids is 1. The van der Waals surface area contributed by atoms with Gasteiger partial charge in [-0.15, -0.1) is 0 Å². The van der Waals surface area contributed by atoms with Crippen LogP contribution in [0.4, 0.5) is 0 Å². The predicted molar refractivity (Wildman–Crippen MR) is 59.8 cm³/mol. The lowest BCUT2D eigenvalue weighted by Gasteiger charge is -2.11. The summed E-state index contributed by atoms with van der Waals surface area (Å²) in [5.74, 6) is -1.21. The summed E-state index contributed by atoms with van der Waals surface area (Å²) in [7, 11) is 1.85. The zero-order chi connectivity index (χ0) is 11.6. The molecule has 0 unspecified atom stereocenters. The van der Waals surface area contributed by atoms with Gasteiger partial charge < -0.3 is 26.4 Å². The Morgan fingerprint density at radius 1 is 1.27 bits per heavy atom. The SMILES string of the molecule is CN(CCO)CCO.N.O=C(O)C(Cl)Cl. The van der Waals surface area contributed by atoms with Crippen molar-refractivity contribution in [1.82, 2.24) is 11.1 Å². The van der Waals surface area contributed by atoms with E-state index in [4.69, 9.17) is 38.5 Å². The van der Waals surface area contributed by atoms with Crippen LogP contribution in [0, 0.1) is 0 Å². The number of hydrogen-bond acceptors (Lipinski definition) is 5. The standard InChI is InChI=1S/C5H13NO2.C2H2Cl2O2.H3N/c1-6(2-4-7)3-5-8;3-1(4)2(5)6;/h7-8H,2-5H2,1H3;1H,(H,5,6);1H3. The van der Waals surface area contributed by atoms with Crippen molar-refractivity contribution < 1.29 is 20.1 Å². The quantitative estimate of drug-likeness (QED) is 0.517. The highest BCUT2D eigenvalue weighted by Gasteiger charge is 2.05. The van der Waals surface area contributed by atoms with E-state index < -0.39 is 10.8 Å². The van der Waals surface area contributed by atoms with E-state index in [2.05, 4.69) is 0 Å². The molecule has 0 rings (SSSR count). The fourth-order valence-corrected chi connectivity index (χ4v) is 0.453. The molecule has 15 heavy (non-hydrogen) atoms. The van der Waals surface area contributed by atoms with Gasteiger partial charge in [0.2, 0.25) is 4.84 Å². The van der Waals surface area contributed by atoms with Crippen LogP contribution >= 0.6 is 23.2 Å². The van der Waals surface area contributed by atoms with Crippen LogP contribution in [0.3, 0.4) is 0 Å². The van der Waals surface area contributed by atoms with Crippen molar-refractivity contribution >= 4 is 29.2 Å². The van der Waals surface area contributed by atoms with Crippen LogP contribution in [0.5, 0.6) is 0 Å². The van der Waals surface area contributed by atoms with E-state index in [1.165, 1.54) is 0 Å². The van der Waals surface area contributed by atoms with Gasteiger partial charge in [-0.3, -0.25) is 0 Å². The molecule has 0 aromatic rings. The average Bonchev–Trinajstić information content (AvgIpc) is 2.06. The molecule has 0 heterocycles. The average molecular weight is 265 g/mol. The number of aliphatic hydroxyl groups is 2. The lowest BCUT2D eigenvalue weighted by molar-refractivity contribution is -0.135. The van der Waals surface area contributed by atoms with E-state index in [-0.39, 0.29) is 19.4 Å². The number of aliphatic hydroxyl groups excluding tert-OH is 2. The Balaban J connectivity index is -0.000000187. The third-order valence-corrected chi connectivity index (χ3v) is 1.52. The van der Waals surface area contributed by atoms with Gasteiger partial charge in [0, 0.05) is 13.1 Å². The van der Waals surface area contributed by atoms with Crippen LogP contribution in [0.15, 0.2) is 0 Å². The molecule has 0 atom stereocenters. The first-order valence-electron chi connectivity index (χ1n) is 3.86. The van der Waals surface area contributed by atoms with Gasteiger partial charge in [0.05, 0.1) is 13.2 Å². The molecule has 0 fully saturated rings. The first-order chi connectivity index (χ1) is 6.45. The Kier molecular flexibility index (Phi) is 18.8. The highest BCUT2D eigenvalue weighted by atomic mass is 35.5. The number of aliphatic carboxylic acids is 1. The highest BCUT2D eigenvalue weighted by molar-refractivity contribution is 6.52. The van der Waals surface area contributed by atoms with Gasteiger partial charge in [-0.25, -0.2) is 4.79 Å². The molecule has 0 saturated heterocycles. The third-order valence-electron chi connectivity index (χ3n) is 1.15. The number of halogens is 2. The van der Waals surface area contributed by atoms with Crippen LogP contribution in [-0.2, 0) is 4.79 Å². The van der Waals surface area contributed by atoms with Crippen LogP contribution in [0.1, 0.15) is 0 Å². The molecule has 0 spiro atoms. The summed E-state index contributed by atoms with van der Waals surface area (Å²) >= 11 is 9.56. The van der Waals surface area contributed by atoms with E-state index in [1.807, 2.05) is 11.9 Å². The Labute approximate surface area is 99.0 Å². The summed E-state index contributed by atoms with van der Waals surface area (Å²) in [6.07, 6.45) is 0. The lowest BCUT2D eigenvalue weighted by atomic mass is 10.5. The Morgan fingerprint density at radius 3 is 1.67 bits per heavy atom. The second kappa shape index (κ2) is 13.9. The lowest BCUT2D eigenvalue weighted by Crippen LogP contribution is -2.25. The smallest absolute Gasteiger partial charge is 0.337 e. The highest BCUT2D eigenvalue weighted by Crippen LogP contribution is 1.98. The minimum absolute atomic E-state index is 0. The summed E-state index contributed by atoms with van der Waals surface area (Å²) in [6, 6.07) is 0. The van der Waals surface area contributed by atoms with Gasteiger partial charge in [-0.1, -0.05) is 23.2 Å². The minimum atomic E-state index is -1.29. The van der Waals surface area contributed by atoms with Crippen molar-refractivity contribution in [2.24, 2.45) is 0 Å². The fraction of sp³-hybridized carbons (Fsp3) is 0.857. The van der Waals surface area contributed by atoms with Crippen LogP contribution < -0.4 is 6.15 Å². The topological polar surface area (TPSA) is 116 Å². The molecule has 0 amide bonds. The van der Waals surface area contributed by atoms with E-state index in [0.717, 1.165) is 0 Å². The third kappa shape index (κ3) is 20.1. The number of likely N-dealkylation sites (N-methyl/N-ethyl adjacent to an activating group) is 1. The summed E-state index contributed by atoms with van der Waals surface area (Å²) in [4.78, 5) is 10.0. The first kappa shape index (κ1) is 20.3. The second-order valence-corrected chi connectivity index (χ2v) is 3.49. The maximum Gasteiger partial charge on any atom is 0.337 e. The molecule has 94 valence electrons. The molecule has 8 heteroatoms. The number of carbonyl (C=O) groups is 1. The Hall–Kier alpha value is -0.110. The van der Waals surface area contributed by atoms with Crippen LogP contribution in [-0.4, -0.2) is 64.4 Å². The van der Waals surface area contributed by atoms with E-state index >= 15 is 0 Å². The normalized spacial score (nSPS) is 9.27. The maximum atomic E-state index is 9.44. The largest absolute Gasteiger partial charge is 0.479 e.